The molecule has 2 aliphatic rings. The van der Waals surface area contributed by atoms with E-state index < -0.39 is 5.60 Å². The molecule has 1 atom stereocenters. The molecule has 2 heterocycles. The van der Waals surface area contributed by atoms with Crippen molar-refractivity contribution in [2.45, 2.75) is 37.7 Å². The smallest absolute Gasteiger partial charge is 0.212 e. The molecule has 0 amide bonds. The molecule has 1 aliphatic heterocycles. The second-order valence-electron chi connectivity index (χ2n) is 13.8. The number of rotatable bonds is 8. The summed E-state index contributed by atoms with van der Waals surface area (Å²) in [5.41, 5.74) is 6.58. The molecule has 0 N–H and O–H groups in total. The van der Waals surface area contributed by atoms with Gasteiger partial charge in [0.2, 0.25) is 5.60 Å². The van der Waals surface area contributed by atoms with Crippen LogP contribution in [0.3, 0.4) is 0 Å². The number of fused-ring (bicyclic) bond motifs is 8. The van der Waals surface area contributed by atoms with Gasteiger partial charge in [-0.1, -0.05) is 117 Å². The zero-order valence-corrected chi connectivity index (χ0v) is 30.6. The highest BCUT2D eigenvalue weighted by molar-refractivity contribution is 6.09. The molecule has 266 valence electrons. The summed E-state index contributed by atoms with van der Waals surface area (Å²) in [5.74, 6) is 2.90. The molecule has 1 aliphatic carbocycles. The first-order chi connectivity index (χ1) is 26.4. The molecule has 6 aromatic carbocycles. The van der Waals surface area contributed by atoms with E-state index >= 15 is 0 Å². The van der Waals surface area contributed by atoms with Crippen LogP contribution >= 0.6 is 0 Å². The van der Waals surface area contributed by atoms with Crippen LogP contribution in [0.2, 0.25) is 0 Å². The third-order valence-corrected chi connectivity index (χ3v) is 11.3. The third kappa shape index (κ3) is 4.95. The molecular formula is C47H38FN3O3. The first-order valence-corrected chi connectivity index (χ1v) is 18.3. The number of aromatic nitrogens is 3. The van der Waals surface area contributed by atoms with Crippen molar-refractivity contribution < 1.29 is 18.6 Å². The highest BCUT2D eigenvalue weighted by Gasteiger charge is 2.48. The highest BCUT2D eigenvalue weighted by atomic mass is 19.1. The van der Waals surface area contributed by atoms with Gasteiger partial charge >= 0.3 is 0 Å². The Morgan fingerprint density at radius 1 is 0.667 bits per heavy atom. The summed E-state index contributed by atoms with van der Waals surface area (Å²) in [6.45, 7) is 4.52. The Balaban J connectivity index is 1.39. The van der Waals surface area contributed by atoms with Crippen LogP contribution in [0.25, 0.3) is 50.8 Å². The Morgan fingerprint density at radius 3 is 1.83 bits per heavy atom. The topological polar surface area (TPSA) is 66.4 Å². The minimum Gasteiger partial charge on any atom is -0.493 e. The molecule has 0 radical (unpaired) electrons. The zero-order chi connectivity index (χ0) is 37.0. The van der Waals surface area contributed by atoms with Crippen LogP contribution in [-0.2, 0) is 11.0 Å². The maximum atomic E-state index is 14.7. The Kier molecular flexibility index (Phi) is 8.03. The third-order valence-electron chi connectivity index (χ3n) is 11.3. The average molecular weight is 712 g/mol. The van der Waals surface area contributed by atoms with E-state index in [4.69, 9.17) is 29.2 Å². The molecule has 7 aromatic rings. The van der Waals surface area contributed by atoms with Gasteiger partial charge in [0.15, 0.2) is 29.0 Å². The van der Waals surface area contributed by atoms with Crippen molar-refractivity contribution in [1.82, 2.24) is 15.0 Å². The number of hydrogen-bond donors (Lipinski definition) is 0. The molecular weight excluding hydrogens is 674 g/mol. The SMILES string of the molecule is CCC1(CC)c2ccccc2-c2c1c1c(c3cc(OC)c(OC)cc23)OC(c2ccc(F)cc2)(c2nc(-c3ccccc3)nc(-c3ccccc3)n2)C=C1. The van der Waals surface area contributed by atoms with E-state index in [1.807, 2.05) is 72.8 Å². The fourth-order valence-electron chi connectivity index (χ4n) is 8.56. The Hall–Kier alpha value is -6.34. The minimum atomic E-state index is -1.38. The lowest BCUT2D eigenvalue weighted by Gasteiger charge is -2.38. The van der Waals surface area contributed by atoms with E-state index in [1.165, 1.54) is 34.4 Å². The second-order valence-corrected chi connectivity index (χ2v) is 13.8. The Morgan fingerprint density at radius 2 is 1.24 bits per heavy atom. The molecule has 6 nitrogen and oxygen atoms in total. The maximum absolute atomic E-state index is 14.7. The normalized spacial score (nSPS) is 16.3. The predicted octanol–water partition coefficient (Wildman–Crippen LogP) is 11.0. The van der Waals surface area contributed by atoms with Crippen molar-refractivity contribution >= 4 is 16.8 Å². The second kappa shape index (κ2) is 13.0. The fraction of sp³-hybridized carbons (Fsp3) is 0.170. The summed E-state index contributed by atoms with van der Waals surface area (Å²) in [6, 6.07) is 38.9. The van der Waals surface area contributed by atoms with E-state index in [0.717, 1.165) is 40.3 Å². The van der Waals surface area contributed by atoms with E-state index in [0.29, 0.717) is 40.3 Å². The van der Waals surface area contributed by atoms with Crippen LogP contribution in [0.4, 0.5) is 4.39 Å². The van der Waals surface area contributed by atoms with E-state index in [1.54, 1.807) is 26.4 Å². The summed E-state index contributed by atoms with van der Waals surface area (Å²) in [4.78, 5) is 15.3. The van der Waals surface area contributed by atoms with Gasteiger partial charge in [0.1, 0.15) is 11.6 Å². The molecule has 54 heavy (non-hydrogen) atoms. The van der Waals surface area contributed by atoms with Crippen molar-refractivity contribution in [2.75, 3.05) is 14.2 Å². The van der Waals surface area contributed by atoms with Crippen molar-refractivity contribution in [3.8, 4) is 51.2 Å². The number of hydrogen-bond acceptors (Lipinski definition) is 6. The lowest BCUT2D eigenvalue weighted by atomic mass is 9.71. The highest BCUT2D eigenvalue weighted by Crippen LogP contribution is 2.61. The Labute approximate surface area is 314 Å². The van der Waals surface area contributed by atoms with Gasteiger partial charge in [0, 0.05) is 33.1 Å². The monoisotopic (exact) mass is 711 g/mol. The van der Waals surface area contributed by atoms with E-state index in [-0.39, 0.29) is 11.2 Å². The standard InChI is InChI=1S/C47H38FN3O3/c1-5-46(6-2)37-20-14-13-19-33(37)40-35-27-38(52-3)39(53-4)28-36(35)42-34(41(40)46)25-26-47(54-42,31-21-23-32(48)24-22-31)45-50-43(29-15-9-7-10-16-29)49-44(51-45)30-17-11-8-12-18-30/h7-28H,5-6H2,1-4H3. The number of methoxy groups -OCH3 is 2. The molecule has 0 saturated carbocycles. The average Bonchev–Trinajstić information content (AvgIpc) is 3.54. The predicted molar refractivity (Wildman–Crippen MR) is 211 cm³/mol. The van der Waals surface area contributed by atoms with Gasteiger partial charge in [-0.25, -0.2) is 19.3 Å². The van der Waals surface area contributed by atoms with Crippen LogP contribution in [0.5, 0.6) is 17.2 Å². The van der Waals surface area contributed by atoms with Crippen molar-refractivity contribution in [3.05, 3.63) is 161 Å². The lowest BCUT2D eigenvalue weighted by Crippen LogP contribution is -2.37. The first kappa shape index (κ1) is 33.5. The van der Waals surface area contributed by atoms with Crippen LogP contribution < -0.4 is 14.2 Å². The number of halogens is 1. The molecule has 1 unspecified atom stereocenters. The minimum absolute atomic E-state index is 0.269. The van der Waals surface area contributed by atoms with Gasteiger partial charge in [-0.3, -0.25) is 0 Å². The van der Waals surface area contributed by atoms with E-state index in [2.05, 4.69) is 50.3 Å². The zero-order valence-electron chi connectivity index (χ0n) is 30.6. The first-order valence-electron chi connectivity index (χ1n) is 18.3. The maximum Gasteiger partial charge on any atom is 0.212 e. The van der Waals surface area contributed by atoms with Gasteiger partial charge in [0.25, 0.3) is 0 Å². The molecule has 0 bridgehead atoms. The van der Waals surface area contributed by atoms with Crippen LogP contribution in [0.15, 0.2) is 127 Å². The number of nitrogens with zero attached hydrogens (tertiary/aromatic N) is 3. The number of ether oxygens (including phenoxy) is 3. The summed E-state index contributed by atoms with van der Waals surface area (Å²) in [5, 5.41) is 1.85. The summed E-state index contributed by atoms with van der Waals surface area (Å²) in [6.07, 6.45) is 5.98. The molecule has 7 heteroatoms. The Bertz CT molecular complexity index is 2530. The van der Waals surface area contributed by atoms with Crippen LogP contribution in [-0.4, -0.2) is 29.2 Å². The van der Waals surface area contributed by atoms with Gasteiger partial charge in [-0.05, 0) is 70.8 Å². The summed E-state index contributed by atoms with van der Waals surface area (Å²) in [7, 11) is 3.30. The van der Waals surface area contributed by atoms with Crippen LogP contribution in [0, 0.1) is 5.82 Å². The van der Waals surface area contributed by atoms with Crippen LogP contribution in [0.1, 0.15) is 54.8 Å². The number of benzene rings is 6. The molecule has 0 spiro atoms. The largest absolute Gasteiger partial charge is 0.493 e. The molecule has 1 aromatic heterocycles. The summed E-state index contributed by atoms with van der Waals surface area (Å²) < 4.78 is 34.0. The van der Waals surface area contributed by atoms with Gasteiger partial charge in [-0.2, -0.15) is 0 Å². The van der Waals surface area contributed by atoms with Gasteiger partial charge in [-0.15, -0.1) is 0 Å². The van der Waals surface area contributed by atoms with Gasteiger partial charge < -0.3 is 14.2 Å². The van der Waals surface area contributed by atoms with E-state index in [9.17, 15) is 4.39 Å². The lowest BCUT2D eigenvalue weighted by molar-refractivity contribution is 0.152. The van der Waals surface area contributed by atoms with Crippen molar-refractivity contribution in [3.63, 3.8) is 0 Å². The molecule has 9 rings (SSSR count). The molecule has 0 saturated heterocycles. The fourth-order valence-corrected chi connectivity index (χ4v) is 8.56. The van der Waals surface area contributed by atoms with Gasteiger partial charge in [0.05, 0.1) is 14.2 Å². The van der Waals surface area contributed by atoms with Crippen molar-refractivity contribution in [1.29, 1.82) is 0 Å². The quantitative estimate of drug-likeness (QED) is 0.156. The summed E-state index contributed by atoms with van der Waals surface area (Å²) >= 11 is 0. The van der Waals surface area contributed by atoms with Crippen molar-refractivity contribution in [2.24, 2.45) is 0 Å². The molecule has 0 fully saturated rings.